The number of aromatic nitrogens is 2. The number of alkyl halides is 3. The third-order valence-electron chi connectivity index (χ3n) is 6.37. The molecule has 4 nitrogen and oxygen atoms in total. The van der Waals surface area contributed by atoms with E-state index in [2.05, 4.69) is 11.1 Å². The van der Waals surface area contributed by atoms with E-state index in [9.17, 15) is 18.4 Å². The van der Waals surface area contributed by atoms with E-state index >= 15 is 0 Å². The number of hydrogen-bond donors (Lipinski definition) is 0. The molecule has 4 aromatic carbocycles. The standard InChI is InChI=1S/C30H22F3N3O.ClH/c1-36-19-35-17-28(36)29(37-18-20-9-13-24(14-10-20)30(31,32)33)22-11-12-23(16-34)27(15-22)26-8-4-6-21-5-2-3-7-25(21)26;/h2-15,17,19,29H,18H2,1H3;1H. The zero-order chi connectivity index (χ0) is 26.0. The topological polar surface area (TPSA) is 50.8 Å². The van der Waals surface area contributed by atoms with Gasteiger partial charge in [-0.1, -0.05) is 60.7 Å². The van der Waals surface area contributed by atoms with Crippen molar-refractivity contribution in [3.63, 3.8) is 0 Å². The van der Waals surface area contributed by atoms with E-state index in [0.29, 0.717) is 11.1 Å². The zero-order valence-corrected chi connectivity index (χ0v) is 21.1. The van der Waals surface area contributed by atoms with Crippen molar-refractivity contribution >= 4 is 23.2 Å². The van der Waals surface area contributed by atoms with Gasteiger partial charge in [0.2, 0.25) is 0 Å². The smallest absolute Gasteiger partial charge is 0.363 e. The number of nitriles is 1. The summed E-state index contributed by atoms with van der Waals surface area (Å²) in [4.78, 5) is 4.22. The first kappa shape index (κ1) is 26.9. The lowest BCUT2D eigenvalue weighted by Crippen LogP contribution is -2.11. The Balaban J connectivity index is 0.00000336. The Bertz CT molecular complexity index is 1600. The fourth-order valence-electron chi connectivity index (χ4n) is 4.45. The van der Waals surface area contributed by atoms with Crippen molar-refractivity contribution in [2.45, 2.75) is 18.9 Å². The summed E-state index contributed by atoms with van der Waals surface area (Å²) >= 11 is 0. The Kier molecular flexibility index (Phi) is 7.86. The van der Waals surface area contributed by atoms with Gasteiger partial charge in [-0.2, -0.15) is 18.4 Å². The van der Waals surface area contributed by atoms with Crippen molar-refractivity contribution in [3.05, 3.63) is 125 Å². The lowest BCUT2D eigenvalue weighted by molar-refractivity contribution is -0.137. The number of rotatable bonds is 6. The molecular formula is C30H23ClF3N3O. The molecule has 1 unspecified atom stereocenters. The molecule has 1 aromatic heterocycles. The van der Waals surface area contributed by atoms with E-state index in [-0.39, 0.29) is 19.0 Å². The number of aryl methyl sites for hydroxylation is 1. The van der Waals surface area contributed by atoms with Gasteiger partial charge in [0.25, 0.3) is 0 Å². The van der Waals surface area contributed by atoms with Crippen molar-refractivity contribution in [2.24, 2.45) is 7.05 Å². The van der Waals surface area contributed by atoms with E-state index < -0.39 is 17.8 Å². The maximum absolute atomic E-state index is 13.0. The number of ether oxygens (including phenoxy) is 1. The first-order valence-corrected chi connectivity index (χ1v) is 11.6. The van der Waals surface area contributed by atoms with Crippen LogP contribution in [0.4, 0.5) is 13.2 Å². The first-order valence-electron chi connectivity index (χ1n) is 11.6. The van der Waals surface area contributed by atoms with Crippen molar-refractivity contribution in [3.8, 4) is 17.2 Å². The van der Waals surface area contributed by atoms with Crippen LogP contribution in [0.15, 0.2) is 97.5 Å². The fraction of sp³-hybridized carbons (Fsp3) is 0.133. The van der Waals surface area contributed by atoms with Gasteiger partial charge in [-0.15, -0.1) is 12.4 Å². The molecular weight excluding hydrogens is 511 g/mol. The Labute approximate surface area is 224 Å². The Hall–Kier alpha value is -4.12. The van der Waals surface area contributed by atoms with Crippen LogP contribution >= 0.6 is 12.4 Å². The molecule has 5 aromatic rings. The van der Waals surface area contributed by atoms with E-state index in [0.717, 1.165) is 45.3 Å². The summed E-state index contributed by atoms with van der Waals surface area (Å²) < 4.78 is 47.0. The Morgan fingerprint density at radius 2 is 1.68 bits per heavy atom. The second kappa shape index (κ2) is 11.1. The number of halogens is 4. The summed E-state index contributed by atoms with van der Waals surface area (Å²) in [7, 11) is 1.85. The van der Waals surface area contributed by atoms with Crippen molar-refractivity contribution in [2.75, 3.05) is 0 Å². The van der Waals surface area contributed by atoms with Crippen molar-refractivity contribution in [1.29, 1.82) is 5.26 Å². The fourth-order valence-corrected chi connectivity index (χ4v) is 4.45. The molecule has 192 valence electrons. The van der Waals surface area contributed by atoms with Crippen LogP contribution in [0, 0.1) is 11.3 Å². The molecule has 0 radical (unpaired) electrons. The lowest BCUT2D eigenvalue weighted by atomic mass is 9.92. The molecule has 0 saturated carbocycles. The van der Waals surface area contributed by atoms with Crippen LogP contribution in [0.25, 0.3) is 21.9 Å². The maximum Gasteiger partial charge on any atom is 0.416 e. The summed E-state index contributed by atoms with van der Waals surface area (Å²) in [6.07, 6.45) is -1.58. The van der Waals surface area contributed by atoms with Gasteiger partial charge in [-0.3, -0.25) is 0 Å². The van der Waals surface area contributed by atoms with E-state index in [1.165, 1.54) is 12.1 Å². The second-order valence-electron chi connectivity index (χ2n) is 8.76. The minimum absolute atomic E-state index is 0. The van der Waals surface area contributed by atoms with Gasteiger partial charge in [-0.25, -0.2) is 4.98 Å². The highest BCUT2D eigenvalue weighted by molar-refractivity contribution is 5.97. The number of hydrogen-bond acceptors (Lipinski definition) is 3. The molecule has 0 amide bonds. The summed E-state index contributed by atoms with van der Waals surface area (Å²) in [6, 6.07) is 26.8. The van der Waals surface area contributed by atoms with Gasteiger partial charge in [0, 0.05) is 12.6 Å². The molecule has 0 saturated heterocycles. The SMILES string of the molecule is Cl.Cn1cncc1C(OCc1ccc(C(F)(F)F)cc1)c1ccc(C#N)c(-c2cccc3ccccc23)c1. The molecule has 8 heteroatoms. The van der Waals surface area contributed by atoms with Gasteiger partial charge >= 0.3 is 6.18 Å². The number of fused-ring (bicyclic) bond motifs is 1. The molecule has 0 aliphatic rings. The average molecular weight is 534 g/mol. The predicted octanol–water partition coefficient (Wildman–Crippen LogP) is 7.86. The van der Waals surface area contributed by atoms with E-state index in [4.69, 9.17) is 4.74 Å². The van der Waals surface area contributed by atoms with Crippen LogP contribution < -0.4 is 0 Å². The first-order chi connectivity index (χ1) is 17.8. The predicted molar refractivity (Wildman–Crippen MR) is 143 cm³/mol. The van der Waals surface area contributed by atoms with Crippen LogP contribution in [0.3, 0.4) is 0 Å². The molecule has 1 heterocycles. The minimum Gasteiger partial charge on any atom is -0.363 e. The van der Waals surface area contributed by atoms with Gasteiger partial charge in [-0.05, 0) is 51.7 Å². The normalized spacial score (nSPS) is 12.1. The molecule has 38 heavy (non-hydrogen) atoms. The summed E-state index contributed by atoms with van der Waals surface area (Å²) in [6.45, 7) is 0.0948. The molecule has 0 N–H and O–H groups in total. The van der Waals surface area contributed by atoms with Crippen LogP contribution in [0.1, 0.15) is 34.1 Å². The largest absolute Gasteiger partial charge is 0.416 e. The summed E-state index contributed by atoms with van der Waals surface area (Å²) in [5, 5.41) is 12.0. The van der Waals surface area contributed by atoms with Gasteiger partial charge < -0.3 is 9.30 Å². The number of benzene rings is 4. The molecule has 0 aliphatic heterocycles. The van der Waals surface area contributed by atoms with Crippen molar-refractivity contribution < 1.29 is 17.9 Å². The number of imidazole rings is 1. The Morgan fingerprint density at radius 1 is 0.947 bits per heavy atom. The molecule has 0 bridgehead atoms. The summed E-state index contributed by atoms with van der Waals surface area (Å²) in [5.41, 5.74) is 3.74. The van der Waals surface area contributed by atoms with Crippen LogP contribution in [0.5, 0.6) is 0 Å². The molecule has 0 aliphatic carbocycles. The van der Waals surface area contributed by atoms with Gasteiger partial charge in [0.1, 0.15) is 6.10 Å². The molecule has 5 rings (SSSR count). The molecule has 1 atom stereocenters. The number of nitrogens with zero attached hydrogens (tertiary/aromatic N) is 3. The minimum atomic E-state index is -4.39. The lowest BCUT2D eigenvalue weighted by Gasteiger charge is -2.21. The Morgan fingerprint density at radius 3 is 2.37 bits per heavy atom. The second-order valence-corrected chi connectivity index (χ2v) is 8.76. The molecule has 0 fully saturated rings. The average Bonchev–Trinajstić information content (AvgIpc) is 3.33. The highest BCUT2D eigenvalue weighted by Gasteiger charge is 2.30. The maximum atomic E-state index is 13.0. The zero-order valence-electron chi connectivity index (χ0n) is 20.3. The third-order valence-corrected chi connectivity index (χ3v) is 6.37. The monoisotopic (exact) mass is 533 g/mol. The van der Waals surface area contributed by atoms with Gasteiger partial charge in [0.05, 0.1) is 42.0 Å². The summed E-state index contributed by atoms with van der Waals surface area (Å²) in [5.74, 6) is 0. The molecule has 0 spiro atoms. The quantitative estimate of drug-likeness (QED) is 0.223. The van der Waals surface area contributed by atoms with Crippen molar-refractivity contribution in [1.82, 2.24) is 9.55 Å². The van der Waals surface area contributed by atoms with Crippen LogP contribution in [0.2, 0.25) is 0 Å². The highest BCUT2D eigenvalue weighted by atomic mass is 35.5. The van der Waals surface area contributed by atoms with Crippen LogP contribution in [-0.4, -0.2) is 9.55 Å². The third kappa shape index (κ3) is 5.42. The van der Waals surface area contributed by atoms with Crippen LogP contribution in [-0.2, 0) is 24.6 Å². The van der Waals surface area contributed by atoms with E-state index in [1.54, 1.807) is 18.6 Å². The highest BCUT2D eigenvalue weighted by Crippen LogP contribution is 2.36. The van der Waals surface area contributed by atoms with E-state index in [1.807, 2.05) is 66.2 Å². The van der Waals surface area contributed by atoms with Gasteiger partial charge in [0.15, 0.2) is 0 Å².